The molecule has 2 aromatic heterocycles. The molecule has 4 N–H and O–H groups in total. The number of benzene rings is 1. The summed E-state index contributed by atoms with van der Waals surface area (Å²) in [6, 6.07) is 12.3. The maximum absolute atomic E-state index is 13.8. The van der Waals surface area contributed by atoms with Crippen molar-refractivity contribution in [3.05, 3.63) is 78.0 Å². The average molecular weight is 339 g/mol. The number of nitrogens with one attached hydrogen (secondary N) is 4. The Morgan fingerprint density at radius 3 is 2.52 bits per heavy atom. The van der Waals surface area contributed by atoms with Gasteiger partial charge < -0.3 is 10.3 Å². The van der Waals surface area contributed by atoms with Crippen LogP contribution in [0, 0.1) is 5.82 Å². The zero-order valence-corrected chi connectivity index (χ0v) is 12.9. The SMILES string of the molecule is O=C(NNC(=O)c1cccnc1Nc1ccccc1F)c1ccc[nH]1. The van der Waals surface area contributed by atoms with Gasteiger partial charge in [0.15, 0.2) is 0 Å². The van der Waals surface area contributed by atoms with E-state index in [1.165, 1.54) is 24.4 Å². The molecule has 1 aromatic carbocycles. The lowest BCUT2D eigenvalue weighted by Crippen LogP contribution is -2.42. The highest BCUT2D eigenvalue weighted by Gasteiger charge is 2.15. The Hall–Kier alpha value is -3.68. The van der Waals surface area contributed by atoms with Crippen molar-refractivity contribution in [2.75, 3.05) is 5.32 Å². The number of H-pyrrole nitrogens is 1. The number of aromatic amines is 1. The maximum Gasteiger partial charge on any atom is 0.286 e. The molecule has 0 spiro atoms. The van der Waals surface area contributed by atoms with Crippen LogP contribution in [0.4, 0.5) is 15.9 Å². The number of rotatable bonds is 4. The van der Waals surface area contributed by atoms with Crippen molar-refractivity contribution in [1.29, 1.82) is 0 Å². The van der Waals surface area contributed by atoms with Crippen LogP contribution in [0.3, 0.4) is 0 Å². The Labute approximate surface area is 142 Å². The van der Waals surface area contributed by atoms with Gasteiger partial charge in [-0.15, -0.1) is 0 Å². The van der Waals surface area contributed by atoms with Gasteiger partial charge in [0.25, 0.3) is 11.8 Å². The second kappa shape index (κ2) is 7.26. The van der Waals surface area contributed by atoms with Gasteiger partial charge in [0.2, 0.25) is 0 Å². The summed E-state index contributed by atoms with van der Waals surface area (Å²) in [6.07, 6.45) is 3.06. The molecule has 3 rings (SSSR count). The molecule has 0 aliphatic rings. The topological polar surface area (TPSA) is 98.9 Å². The van der Waals surface area contributed by atoms with Gasteiger partial charge in [-0.25, -0.2) is 9.37 Å². The molecule has 0 radical (unpaired) electrons. The Kier molecular flexibility index (Phi) is 4.70. The van der Waals surface area contributed by atoms with E-state index in [9.17, 15) is 14.0 Å². The summed E-state index contributed by atoms with van der Waals surface area (Å²) in [5.41, 5.74) is 5.22. The number of hydrogen-bond donors (Lipinski definition) is 4. The Bertz CT molecular complexity index is 896. The number of amides is 2. The van der Waals surface area contributed by atoms with Crippen LogP contribution in [0.25, 0.3) is 0 Å². The van der Waals surface area contributed by atoms with Crippen molar-refractivity contribution < 1.29 is 14.0 Å². The number of hydrogen-bond acceptors (Lipinski definition) is 4. The van der Waals surface area contributed by atoms with E-state index < -0.39 is 17.6 Å². The fourth-order valence-electron chi connectivity index (χ4n) is 2.10. The molecule has 2 amide bonds. The summed E-state index contributed by atoms with van der Waals surface area (Å²) in [4.78, 5) is 30.9. The first-order valence-electron chi connectivity index (χ1n) is 7.36. The Morgan fingerprint density at radius 1 is 0.960 bits per heavy atom. The molecule has 0 bridgehead atoms. The number of pyridine rings is 1. The van der Waals surface area contributed by atoms with E-state index in [0.29, 0.717) is 5.69 Å². The van der Waals surface area contributed by atoms with Gasteiger partial charge >= 0.3 is 0 Å². The second-order valence-electron chi connectivity index (χ2n) is 5.00. The van der Waals surface area contributed by atoms with Crippen LogP contribution in [0.2, 0.25) is 0 Å². The summed E-state index contributed by atoms with van der Waals surface area (Å²) in [5.74, 6) is -1.39. The Morgan fingerprint density at radius 2 is 1.76 bits per heavy atom. The van der Waals surface area contributed by atoms with Gasteiger partial charge in [0.05, 0.1) is 11.3 Å². The zero-order chi connectivity index (χ0) is 17.6. The van der Waals surface area contributed by atoms with Crippen molar-refractivity contribution in [2.24, 2.45) is 0 Å². The molecule has 0 fully saturated rings. The molecule has 7 nitrogen and oxygen atoms in total. The van der Waals surface area contributed by atoms with Crippen LogP contribution >= 0.6 is 0 Å². The molecule has 25 heavy (non-hydrogen) atoms. The molecule has 2 heterocycles. The van der Waals surface area contributed by atoms with Gasteiger partial charge in [-0.1, -0.05) is 12.1 Å². The lowest BCUT2D eigenvalue weighted by molar-refractivity contribution is 0.0844. The molecule has 8 heteroatoms. The smallest absolute Gasteiger partial charge is 0.286 e. The van der Waals surface area contributed by atoms with Crippen molar-refractivity contribution in [1.82, 2.24) is 20.8 Å². The minimum absolute atomic E-state index is 0.150. The van der Waals surface area contributed by atoms with Gasteiger partial charge in [-0.05, 0) is 36.4 Å². The molecule has 0 saturated heterocycles. The Balaban J connectivity index is 1.73. The highest BCUT2D eigenvalue weighted by Crippen LogP contribution is 2.20. The van der Waals surface area contributed by atoms with Crippen LogP contribution < -0.4 is 16.2 Å². The molecule has 0 unspecified atom stereocenters. The molecule has 0 aliphatic carbocycles. The van der Waals surface area contributed by atoms with Crippen molar-refractivity contribution >= 4 is 23.3 Å². The molecule has 0 aliphatic heterocycles. The first-order chi connectivity index (χ1) is 12.1. The van der Waals surface area contributed by atoms with Gasteiger partial charge in [-0.3, -0.25) is 20.4 Å². The number of carbonyl (C=O) groups is 2. The molecular formula is C17H14FN5O2. The summed E-state index contributed by atoms with van der Waals surface area (Å²) >= 11 is 0. The highest BCUT2D eigenvalue weighted by atomic mass is 19.1. The standard InChI is InChI=1S/C17H14FN5O2/c18-12-6-1-2-7-13(12)21-15-11(5-3-10-20-15)16(24)22-23-17(25)14-8-4-9-19-14/h1-10,19H,(H,20,21)(H,22,24)(H,23,25). The van der Waals surface area contributed by atoms with Crippen LogP contribution in [-0.4, -0.2) is 21.8 Å². The number of halogens is 1. The third-order valence-corrected chi connectivity index (χ3v) is 3.31. The largest absolute Gasteiger partial charge is 0.357 e. The van der Waals surface area contributed by atoms with E-state index in [0.717, 1.165) is 0 Å². The van der Waals surface area contributed by atoms with E-state index in [1.807, 2.05) is 0 Å². The predicted octanol–water partition coefficient (Wildman–Crippen LogP) is 2.37. The number of aromatic nitrogens is 2. The average Bonchev–Trinajstić information content (AvgIpc) is 3.16. The van der Waals surface area contributed by atoms with Crippen LogP contribution in [0.15, 0.2) is 60.9 Å². The third-order valence-electron chi connectivity index (χ3n) is 3.31. The maximum atomic E-state index is 13.8. The third kappa shape index (κ3) is 3.81. The van der Waals surface area contributed by atoms with E-state index in [4.69, 9.17) is 0 Å². The van der Waals surface area contributed by atoms with Crippen LogP contribution in [-0.2, 0) is 0 Å². The summed E-state index contributed by atoms with van der Waals surface area (Å²) in [5, 5.41) is 2.77. The predicted molar refractivity (Wildman–Crippen MR) is 89.6 cm³/mol. The normalized spacial score (nSPS) is 10.1. The van der Waals surface area contributed by atoms with Gasteiger partial charge in [0, 0.05) is 12.4 Å². The first kappa shape index (κ1) is 16.2. The second-order valence-corrected chi connectivity index (χ2v) is 5.00. The fraction of sp³-hybridized carbons (Fsp3) is 0. The van der Waals surface area contributed by atoms with Crippen LogP contribution in [0.1, 0.15) is 20.8 Å². The van der Waals surface area contributed by atoms with Crippen molar-refractivity contribution in [2.45, 2.75) is 0 Å². The summed E-state index contributed by atoms with van der Waals surface area (Å²) < 4.78 is 13.8. The quantitative estimate of drug-likeness (QED) is 0.548. The molecule has 3 aromatic rings. The van der Waals surface area contributed by atoms with Crippen molar-refractivity contribution in [3.63, 3.8) is 0 Å². The van der Waals surface area contributed by atoms with Gasteiger partial charge in [0.1, 0.15) is 17.3 Å². The number of carbonyl (C=O) groups excluding carboxylic acids is 2. The van der Waals surface area contributed by atoms with Gasteiger partial charge in [-0.2, -0.15) is 0 Å². The molecule has 0 atom stereocenters. The van der Waals surface area contributed by atoms with E-state index >= 15 is 0 Å². The zero-order valence-electron chi connectivity index (χ0n) is 12.9. The van der Waals surface area contributed by atoms with E-state index in [-0.39, 0.29) is 17.1 Å². The highest BCUT2D eigenvalue weighted by molar-refractivity contribution is 6.01. The number of nitrogens with zero attached hydrogens (tertiary/aromatic N) is 1. The first-order valence-corrected chi connectivity index (χ1v) is 7.36. The lowest BCUT2D eigenvalue weighted by Gasteiger charge is -2.12. The number of hydrazine groups is 1. The minimum Gasteiger partial charge on any atom is -0.357 e. The fourth-order valence-corrected chi connectivity index (χ4v) is 2.10. The number of para-hydroxylation sites is 1. The van der Waals surface area contributed by atoms with Crippen LogP contribution in [0.5, 0.6) is 0 Å². The molecule has 0 saturated carbocycles. The minimum atomic E-state index is -0.591. The summed E-state index contributed by atoms with van der Waals surface area (Å²) in [7, 11) is 0. The monoisotopic (exact) mass is 339 g/mol. The summed E-state index contributed by atoms with van der Waals surface area (Å²) in [6.45, 7) is 0. The van der Waals surface area contributed by atoms with Crippen molar-refractivity contribution in [3.8, 4) is 0 Å². The lowest BCUT2D eigenvalue weighted by atomic mass is 10.2. The van der Waals surface area contributed by atoms with E-state index in [2.05, 4.69) is 26.1 Å². The van der Waals surface area contributed by atoms with E-state index in [1.54, 1.807) is 36.5 Å². The molecular weight excluding hydrogens is 325 g/mol. The molecule has 126 valence electrons. The number of anilines is 2.